The van der Waals surface area contributed by atoms with Gasteiger partial charge in [0.05, 0.1) is 23.9 Å². The van der Waals surface area contributed by atoms with Gasteiger partial charge >= 0.3 is 6.03 Å². The molecular formula is C20H32N4O4. The number of benzene rings is 1. The van der Waals surface area contributed by atoms with Gasteiger partial charge in [0.1, 0.15) is 6.10 Å². The lowest BCUT2D eigenvalue weighted by Crippen LogP contribution is -2.49. The number of rotatable bonds is 6. The molecule has 1 aromatic carbocycles. The molecule has 4 N–H and O–H groups in total. The van der Waals surface area contributed by atoms with E-state index in [9.17, 15) is 14.7 Å². The quantitative estimate of drug-likeness (QED) is 0.590. The van der Waals surface area contributed by atoms with Crippen molar-refractivity contribution >= 4 is 17.6 Å². The minimum Gasteiger partial charge on any atom is -0.486 e. The van der Waals surface area contributed by atoms with Gasteiger partial charge in [-0.3, -0.25) is 4.79 Å². The Balaban J connectivity index is 2.48. The average Bonchev–Trinajstić information content (AvgIpc) is 2.64. The molecule has 3 atom stereocenters. The highest BCUT2D eigenvalue weighted by Gasteiger charge is 2.33. The maximum Gasteiger partial charge on any atom is 0.319 e. The number of aliphatic hydroxyl groups excluding tert-OH is 1. The molecule has 0 saturated heterocycles. The summed E-state index contributed by atoms with van der Waals surface area (Å²) < 4.78 is 6.24. The third-order valence-electron chi connectivity index (χ3n) is 4.76. The Morgan fingerprint density at radius 1 is 1.36 bits per heavy atom. The maximum atomic E-state index is 13.2. The number of ether oxygens (including phenoxy) is 1. The van der Waals surface area contributed by atoms with Crippen LogP contribution in [0, 0.1) is 5.92 Å². The molecule has 1 aliphatic heterocycles. The van der Waals surface area contributed by atoms with E-state index in [2.05, 4.69) is 16.0 Å². The number of carbonyl (C=O) groups is 2. The van der Waals surface area contributed by atoms with Crippen LogP contribution in [-0.2, 0) is 0 Å². The van der Waals surface area contributed by atoms with Crippen LogP contribution < -0.4 is 20.7 Å². The fourth-order valence-electron chi connectivity index (χ4n) is 3.21. The molecule has 0 aliphatic carbocycles. The highest BCUT2D eigenvalue weighted by Crippen LogP contribution is 2.34. The molecule has 1 aromatic rings. The number of hydrogen-bond acceptors (Lipinski definition) is 5. The Hall–Kier alpha value is -2.32. The van der Waals surface area contributed by atoms with Crippen molar-refractivity contribution in [3.63, 3.8) is 0 Å². The molecule has 1 aliphatic rings. The second kappa shape index (κ2) is 9.75. The fraction of sp³-hybridized carbons (Fsp3) is 0.600. The largest absolute Gasteiger partial charge is 0.486 e. The number of hydrogen-bond donors (Lipinski definition) is 4. The predicted molar refractivity (Wildman–Crippen MR) is 109 cm³/mol. The van der Waals surface area contributed by atoms with E-state index in [1.807, 2.05) is 34.7 Å². The summed E-state index contributed by atoms with van der Waals surface area (Å²) in [6.45, 7) is 8.50. The van der Waals surface area contributed by atoms with E-state index in [0.717, 1.165) is 0 Å². The van der Waals surface area contributed by atoms with E-state index < -0.39 is 0 Å². The van der Waals surface area contributed by atoms with E-state index >= 15 is 0 Å². The van der Waals surface area contributed by atoms with Crippen LogP contribution in [0.2, 0.25) is 0 Å². The average molecular weight is 393 g/mol. The molecule has 8 heteroatoms. The predicted octanol–water partition coefficient (Wildman–Crippen LogP) is 1.66. The summed E-state index contributed by atoms with van der Waals surface area (Å²) in [7, 11) is 1.84. The number of carbonyl (C=O) groups excluding carboxylic acids is 2. The number of aliphatic hydroxyl groups is 1. The lowest BCUT2D eigenvalue weighted by atomic mass is 9.99. The van der Waals surface area contributed by atoms with Gasteiger partial charge in [-0.15, -0.1) is 0 Å². The molecule has 28 heavy (non-hydrogen) atoms. The summed E-state index contributed by atoms with van der Waals surface area (Å²) in [6.07, 6.45) is -0.207. The summed E-state index contributed by atoms with van der Waals surface area (Å²) >= 11 is 0. The molecule has 8 nitrogen and oxygen atoms in total. The van der Waals surface area contributed by atoms with Crippen molar-refractivity contribution in [2.45, 2.75) is 45.9 Å². The zero-order chi connectivity index (χ0) is 20.8. The Morgan fingerprint density at radius 2 is 2.07 bits per heavy atom. The first-order valence-electron chi connectivity index (χ1n) is 9.72. The van der Waals surface area contributed by atoms with Gasteiger partial charge in [-0.05, 0) is 40.0 Å². The second-order valence-electron chi connectivity index (χ2n) is 7.62. The minimum absolute atomic E-state index is 0.0222. The number of likely N-dealkylation sites (N-methyl/N-ethyl adjacent to an activating group) is 1. The molecule has 0 spiro atoms. The summed E-state index contributed by atoms with van der Waals surface area (Å²) in [5, 5.41) is 18.3. The van der Waals surface area contributed by atoms with Crippen LogP contribution in [0.15, 0.2) is 18.2 Å². The third kappa shape index (κ3) is 5.14. The second-order valence-corrected chi connectivity index (χ2v) is 7.62. The van der Waals surface area contributed by atoms with Gasteiger partial charge in [0, 0.05) is 25.0 Å². The van der Waals surface area contributed by atoms with Crippen molar-refractivity contribution in [3.05, 3.63) is 23.8 Å². The first-order chi connectivity index (χ1) is 13.3. The van der Waals surface area contributed by atoms with Crippen LogP contribution in [0.3, 0.4) is 0 Å². The summed E-state index contributed by atoms with van der Waals surface area (Å²) in [5.74, 6) is 0.156. The van der Waals surface area contributed by atoms with Gasteiger partial charge in [-0.2, -0.15) is 0 Å². The van der Waals surface area contributed by atoms with E-state index in [0.29, 0.717) is 30.1 Å². The molecule has 0 saturated carbocycles. The van der Waals surface area contributed by atoms with Gasteiger partial charge in [0.15, 0.2) is 5.75 Å². The van der Waals surface area contributed by atoms with Crippen molar-refractivity contribution in [3.8, 4) is 5.75 Å². The lowest BCUT2D eigenvalue weighted by molar-refractivity contribution is 0.0417. The minimum atomic E-state index is -0.361. The molecule has 156 valence electrons. The maximum absolute atomic E-state index is 13.2. The Morgan fingerprint density at radius 3 is 2.68 bits per heavy atom. The molecule has 0 bridgehead atoms. The molecule has 2 rings (SSSR count). The summed E-state index contributed by atoms with van der Waals surface area (Å²) in [4.78, 5) is 27.1. The van der Waals surface area contributed by atoms with Crippen molar-refractivity contribution in [1.82, 2.24) is 15.5 Å². The molecule has 0 aromatic heterocycles. The number of anilines is 1. The van der Waals surface area contributed by atoms with Gasteiger partial charge in [0.2, 0.25) is 0 Å². The molecular weight excluding hydrogens is 360 g/mol. The van der Waals surface area contributed by atoms with Gasteiger partial charge in [-0.1, -0.05) is 13.0 Å². The van der Waals surface area contributed by atoms with Crippen molar-refractivity contribution < 1.29 is 19.4 Å². The zero-order valence-electron chi connectivity index (χ0n) is 17.3. The van der Waals surface area contributed by atoms with Gasteiger partial charge < -0.3 is 30.7 Å². The van der Waals surface area contributed by atoms with Crippen LogP contribution >= 0.6 is 0 Å². The Bertz CT molecular complexity index is 695. The van der Waals surface area contributed by atoms with Crippen LogP contribution in [0.1, 0.15) is 38.1 Å². The van der Waals surface area contributed by atoms with E-state index in [4.69, 9.17) is 4.74 Å². The van der Waals surface area contributed by atoms with Gasteiger partial charge in [-0.25, -0.2) is 4.79 Å². The number of para-hydroxylation sites is 1. The molecule has 0 fully saturated rings. The number of nitrogens with one attached hydrogen (secondary N) is 3. The van der Waals surface area contributed by atoms with Crippen LogP contribution in [0.4, 0.5) is 10.5 Å². The standard InChI is InChI=1S/C20H32N4O4/c1-12(2)22-20(27)23-16-8-6-7-15-18(16)28-17(9-21-5)13(3)10-24(19(15)26)14(4)11-25/h6-8,12-14,17,21,25H,9-11H2,1-5H3,(H2,22,23,27)/t13-,14-,17-/m0/s1. The monoisotopic (exact) mass is 392 g/mol. The topological polar surface area (TPSA) is 103 Å². The van der Waals surface area contributed by atoms with Gasteiger partial charge in [0.25, 0.3) is 5.91 Å². The van der Waals surface area contributed by atoms with Crippen LogP contribution in [0.25, 0.3) is 0 Å². The highest BCUT2D eigenvalue weighted by molar-refractivity contribution is 6.01. The summed E-state index contributed by atoms with van der Waals surface area (Å²) in [5.41, 5.74) is 0.812. The number of fused-ring (bicyclic) bond motifs is 1. The zero-order valence-corrected chi connectivity index (χ0v) is 17.3. The van der Waals surface area contributed by atoms with Crippen molar-refractivity contribution in [1.29, 1.82) is 0 Å². The fourth-order valence-corrected chi connectivity index (χ4v) is 3.21. The smallest absolute Gasteiger partial charge is 0.319 e. The highest BCUT2D eigenvalue weighted by atomic mass is 16.5. The first kappa shape index (κ1) is 22.0. The van der Waals surface area contributed by atoms with Crippen LogP contribution in [-0.4, -0.2) is 66.9 Å². The normalized spacial score (nSPS) is 20.7. The third-order valence-corrected chi connectivity index (χ3v) is 4.76. The van der Waals surface area contributed by atoms with Crippen molar-refractivity contribution in [2.75, 3.05) is 32.1 Å². The first-order valence-corrected chi connectivity index (χ1v) is 9.72. The van der Waals surface area contributed by atoms with E-state index in [1.54, 1.807) is 23.1 Å². The number of amides is 3. The molecule has 3 amide bonds. The number of urea groups is 1. The molecule has 1 heterocycles. The summed E-state index contributed by atoms with van der Waals surface area (Å²) in [6, 6.07) is 4.41. The Kier molecular flexibility index (Phi) is 7.65. The number of nitrogens with zero attached hydrogens (tertiary/aromatic N) is 1. The lowest BCUT2D eigenvalue weighted by Gasteiger charge is -2.37. The van der Waals surface area contributed by atoms with E-state index in [-0.39, 0.29) is 42.7 Å². The van der Waals surface area contributed by atoms with Crippen LogP contribution in [0.5, 0.6) is 5.75 Å². The molecule has 0 unspecified atom stereocenters. The van der Waals surface area contributed by atoms with E-state index in [1.165, 1.54) is 0 Å². The molecule has 0 radical (unpaired) electrons. The Labute approximate surface area is 166 Å². The SMILES string of the molecule is CNC[C@@H]1Oc2c(NC(=O)NC(C)C)cccc2C(=O)N([C@@H](C)CO)C[C@@H]1C. The van der Waals surface area contributed by atoms with Crippen molar-refractivity contribution in [2.24, 2.45) is 5.92 Å².